The van der Waals surface area contributed by atoms with E-state index in [4.69, 9.17) is 0 Å². The standard InChI is InChI=1S/C22H26N2O2S/c1-22(2,3)15-7-5-14(6-8-15)17(13-16-9-12-20(25)23-16)18-10-11-19(27-4)21(26)24-18/h5-8,10-11,13,16H,9,12H2,1-4H3,(H,23,25)(H,24,26)/t16-/m1/s1. The number of amides is 1. The molecule has 0 saturated carbocycles. The van der Waals surface area contributed by atoms with Crippen molar-refractivity contribution < 1.29 is 4.79 Å². The van der Waals surface area contributed by atoms with Crippen LogP contribution in [-0.4, -0.2) is 23.2 Å². The Kier molecular flexibility index (Phi) is 5.61. The molecule has 1 aliphatic rings. The van der Waals surface area contributed by atoms with Gasteiger partial charge in [-0.1, -0.05) is 51.1 Å². The van der Waals surface area contributed by atoms with E-state index >= 15 is 0 Å². The maximum atomic E-state index is 12.3. The first-order valence-electron chi connectivity index (χ1n) is 9.18. The highest BCUT2D eigenvalue weighted by molar-refractivity contribution is 7.98. The highest BCUT2D eigenvalue weighted by atomic mass is 32.2. The van der Waals surface area contributed by atoms with Crippen molar-refractivity contribution in [1.82, 2.24) is 10.3 Å². The van der Waals surface area contributed by atoms with Crippen molar-refractivity contribution in [2.45, 2.75) is 50.0 Å². The van der Waals surface area contributed by atoms with Gasteiger partial charge >= 0.3 is 0 Å². The average molecular weight is 383 g/mol. The van der Waals surface area contributed by atoms with Crippen LogP contribution in [0.25, 0.3) is 5.57 Å². The third kappa shape index (κ3) is 4.53. The van der Waals surface area contributed by atoms with Crippen molar-refractivity contribution in [3.63, 3.8) is 0 Å². The number of pyridine rings is 1. The zero-order chi connectivity index (χ0) is 19.6. The van der Waals surface area contributed by atoms with Crippen LogP contribution in [0.3, 0.4) is 0 Å². The van der Waals surface area contributed by atoms with Crippen LogP contribution in [0.1, 0.15) is 50.4 Å². The van der Waals surface area contributed by atoms with Crippen molar-refractivity contribution in [2.75, 3.05) is 6.26 Å². The second kappa shape index (κ2) is 7.77. The number of hydrogen-bond acceptors (Lipinski definition) is 3. The molecular formula is C22H26N2O2S. The van der Waals surface area contributed by atoms with Crippen LogP contribution < -0.4 is 10.9 Å². The Labute approximate surface area is 164 Å². The topological polar surface area (TPSA) is 62.0 Å². The molecule has 1 saturated heterocycles. The number of rotatable bonds is 4. The lowest BCUT2D eigenvalue weighted by Gasteiger charge is -2.20. The number of H-pyrrole nitrogens is 1. The van der Waals surface area contributed by atoms with E-state index in [0.29, 0.717) is 11.3 Å². The fourth-order valence-corrected chi connectivity index (χ4v) is 3.67. The van der Waals surface area contributed by atoms with Crippen LogP contribution in [-0.2, 0) is 10.2 Å². The van der Waals surface area contributed by atoms with Gasteiger partial charge in [-0.2, -0.15) is 0 Å². The summed E-state index contributed by atoms with van der Waals surface area (Å²) in [7, 11) is 0. The minimum Gasteiger partial charge on any atom is -0.350 e. The van der Waals surface area contributed by atoms with Gasteiger partial charge in [0.15, 0.2) is 0 Å². The molecule has 3 rings (SSSR count). The Bertz CT molecular complexity index is 921. The maximum Gasteiger partial charge on any atom is 0.262 e. The summed E-state index contributed by atoms with van der Waals surface area (Å²) in [5.41, 5.74) is 3.97. The van der Waals surface area contributed by atoms with E-state index in [1.807, 2.05) is 18.4 Å². The lowest BCUT2D eigenvalue weighted by atomic mass is 9.86. The molecule has 2 N–H and O–H groups in total. The highest BCUT2D eigenvalue weighted by Gasteiger charge is 2.21. The fraction of sp³-hybridized carbons (Fsp3) is 0.364. The lowest BCUT2D eigenvalue weighted by molar-refractivity contribution is -0.119. The van der Waals surface area contributed by atoms with Gasteiger partial charge in [-0.25, -0.2) is 0 Å². The lowest BCUT2D eigenvalue weighted by Crippen LogP contribution is -2.23. The molecule has 2 heterocycles. The zero-order valence-corrected chi connectivity index (χ0v) is 17.1. The van der Waals surface area contributed by atoms with E-state index in [9.17, 15) is 9.59 Å². The Morgan fingerprint density at radius 3 is 2.33 bits per heavy atom. The molecule has 142 valence electrons. The van der Waals surface area contributed by atoms with Crippen molar-refractivity contribution in [3.8, 4) is 0 Å². The molecule has 4 nitrogen and oxygen atoms in total. The molecule has 1 aliphatic heterocycles. The molecule has 0 radical (unpaired) electrons. The summed E-state index contributed by atoms with van der Waals surface area (Å²) in [4.78, 5) is 27.6. The number of thioether (sulfide) groups is 1. The summed E-state index contributed by atoms with van der Waals surface area (Å²) in [6, 6.07) is 12.2. The molecule has 1 fully saturated rings. The van der Waals surface area contributed by atoms with Crippen LogP contribution in [0.5, 0.6) is 0 Å². The molecule has 0 unspecified atom stereocenters. The first-order valence-corrected chi connectivity index (χ1v) is 10.4. The quantitative estimate of drug-likeness (QED) is 0.783. The van der Waals surface area contributed by atoms with E-state index < -0.39 is 0 Å². The number of aromatic nitrogens is 1. The molecule has 0 spiro atoms. The number of benzene rings is 1. The maximum absolute atomic E-state index is 12.3. The largest absolute Gasteiger partial charge is 0.350 e. The Morgan fingerprint density at radius 2 is 1.81 bits per heavy atom. The second-order valence-corrected chi connectivity index (χ2v) is 8.74. The van der Waals surface area contributed by atoms with Crippen molar-refractivity contribution in [3.05, 3.63) is 69.6 Å². The van der Waals surface area contributed by atoms with Gasteiger partial charge in [0.25, 0.3) is 5.56 Å². The first kappa shape index (κ1) is 19.5. The number of nitrogens with one attached hydrogen (secondary N) is 2. The van der Waals surface area contributed by atoms with Gasteiger partial charge in [-0.15, -0.1) is 11.8 Å². The van der Waals surface area contributed by atoms with E-state index in [0.717, 1.165) is 23.3 Å². The van der Waals surface area contributed by atoms with Gasteiger partial charge in [0.05, 0.1) is 4.90 Å². The molecule has 1 aromatic heterocycles. The average Bonchev–Trinajstić information content (AvgIpc) is 3.04. The third-order valence-electron chi connectivity index (χ3n) is 4.84. The van der Waals surface area contributed by atoms with Crippen LogP contribution >= 0.6 is 11.8 Å². The second-order valence-electron chi connectivity index (χ2n) is 7.89. The number of aromatic amines is 1. The van der Waals surface area contributed by atoms with Crippen LogP contribution in [0.15, 0.2) is 52.2 Å². The highest BCUT2D eigenvalue weighted by Crippen LogP contribution is 2.28. The normalized spacial score (nSPS) is 17.9. The monoisotopic (exact) mass is 382 g/mol. The number of hydrogen-bond donors (Lipinski definition) is 2. The molecule has 0 aliphatic carbocycles. The van der Waals surface area contributed by atoms with E-state index in [2.05, 4.69) is 61.4 Å². The van der Waals surface area contributed by atoms with Crippen LogP contribution in [0.4, 0.5) is 0 Å². The van der Waals surface area contributed by atoms with Gasteiger partial charge in [0.1, 0.15) is 0 Å². The van der Waals surface area contributed by atoms with Crippen molar-refractivity contribution in [2.24, 2.45) is 0 Å². The van der Waals surface area contributed by atoms with Gasteiger partial charge in [0.2, 0.25) is 5.91 Å². The molecule has 27 heavy (non-hydrogen) atoms. The van der Waals surface area contributed by atoms with Gasteiger partial charge in [0, 0.05) is 23.7 Å². The van der Waals surface area contributed by atoms with Crippen molar-refractivity contribution >= 4 is 23.2 Å². The third-order valence-corrected chi connectivity index (χ3v) is 5.60. The minimum absolute atomic E-state index is 0.0153. The number of carbonyl (C=O) groups excluding carboxylic acids is 1. The van der Waals surface area contributed by atoms with E-state index in [-0.39, 0.29) is 22.9 Å². The molecule has 2 aromatic rings. The fourth-order valence-electron chi connectivity index (χ4n) is 3.23. The SMILES string of the molecule is CSc1ccc(C(=C[C@H]2CCC(=O)N2)c2ccc(C(C)(C)C)cc2)[nH]c1=O. The van der Waals surface area contributed by atoms with Gasteiger partial charge in [-0.05, 0) is 41.4 Å². The molecule has 5 heteroatoms. The van der Waals surface area contributed by atoms with Crippen molar-refractivity contribution in [1.29, 1.82) is 0 Å². The summed E-state index contributed by atoms with van der Waals surface area (Å²) in [5.74, 6) is 0.0740. The van der Waals surface area contributed by atoms with Gasteiger partial charge in [-0.3, -0.25) is 9.59 Å². The predicted molar refractivity (Wildman–Crippen MR) is 112 cm³/mol. The molecule has 1 aromatic carbocycles. The Hall–Kier alpha value is -2.27. The minimum atomic E-state index is -0.0901. The molecule has 0 bridgehead atoms. The predicted octanol–water partition coefficient (Wildman–Crippen LogP) is 4.10. The van der Waals surface area contributed by atoms with E-state index in [1.165, 1.54) is 17.3 Å². The zero-order valence-electron chi connectivity index (χ0n) is 16.3. The summed E-state index contributed by atoms with van der Waals surface area (Å²) in [6.07, 6.45) is 5.26. The smallest absolute Gasteiger partial charge is 0.262 e. The summed E-state index contributed by atoms with van der Waals surface area (Å²) < 4.78 is 0. The summed E-state index contributed by atoms with van der Waals surface area (Å²) in [6.45, 7) is 6.56. The summed E-state index contributed by atoms with van der Waals surface area (Å²) in [5, 5.41) is 2.99. The Morgan fingerprint density at radius 1 is 1.11 bits per heavy atom. The molecular weight excluding hydrogens is 356 g/mol. The first-order chi connectivity index (χ1) is 12.8. The van der Waals surface area contributed by atoms with Crippen LogP contribution in [0, 0.1) is 0 Å². The van der Waals surface area contributed by atoms with E-state index in [1.54, 1.807) is 0 Å². The summed E-state index contributed by atoms with van der Waals surface area (Å²) >= 11 is 1.43. The Balaban J connectivity index is 2.05. The van der Waals surface area contributed by atoms with Gasteiger partial charge < -0.3 is 10.3 Å². The molecule has 1 amide bonds. The van der Waals surface area contributed by atoms with Crippen LogP contribution in [0.2, 0.25) is 0 Å². The molecule has 1 atom stereocenters. The number of carbonyl (C=O) groups is 1.